The number of rotatable bonds is 7. The summed E-state index contributed by atoms with van der Waals surface area (Å²) in [4.78, 5) is 9.88. The number of nitrogens with one attached hydrogen (secondary N) is 3. The highest BCUT2D eigenvalue weighted by Gasteiger charge is 2.21. The molecule has 0 radical (unpaired) electrons. The van der Waals surface area contributed by atoms with Gasteiger partial charge in [0.1, 0.15) is 5.01 Å². The maximum absolute atomic E-state index is 4.36. The summed E-state index contributed by atoms with van der Waals surface area (Å²) in [6, 6.07) is 10.8. The molecule has 0 spiro atoms. The van der Waals surface area contributed by atoms with Crippen LogP contribution in [0.15, 0.2) is 41.5 Å². The number of aryl methyl sites for hydroxylation is 1. The number of thiazole rings is 1. The largest absolute Gasteiger partial charge is 0.355 e. The third-order valence-electron chi connectivity index (χ3n) is 3.90. The van der Waals surface area contributed by atoms with Crippen molar-refractivity contribution in [1.29, 1.82) is 0 Å². The summed E-state index contributed by atoms with van der Waals surface area (Å²) in [6.45, 7) is 10.1. The van der Waals surface area contributed by atoms with Gasteiger partial charge in [-0.25, -0.2) is 4.98 Å². The lowest BCUT2D eigenvalue weighted by atomic mass is 10.0. The summed E-state index contributed by atoms with van der Waals surface area (Å²) < 4.78 is 0. The quantitative estimate of drug-likeness (QED) is 0.525. The Morgan fingerprint density at radius 3 is 2.56 bits per heavy atom. The van der Waals surface area contributed by atoms with Gasteiger partial charge in [0.05, 0.1) is 6.54 Å². The fourth-order valence-corrected chi connectivity index (χ4v) is 3.36. The van der Waals surface area contributed by atoms with Crippen molar-refractivity contribution >= 4 is 17.3 Å². The van der Waals surface area contributed by atoms with Gasteiger partial charge in [-0.05, 0) is 33.3 Å². The Balaban J connectivity index is 1.82. The van der Waals surface area contributed by atoms with E-state index in [2.05, 4.69) is 77.9 Å². The van der Waals surface area contributed by atoms with Gasteiger partial charge < -0.3 is 16.0 Å². The number of hydrogen-bond acceptors (Lipinski definition) is 4. The van der Waals surface area contributed by atoms with E-state index in [1.807, 2.05) is 12.3 Å². The molecule has 1 aromatic heterocycles. The fraction of sp³-hybridized carbons (Fsp3) is 0.474. The topological polar surface area (TPSA) is 61.3 Å². The molecule has 1 unspecified atom stereocenters. The van der Waals surface area contributed by atoms with E-state index >= 15 is 0 Å². The molecular formula is C19H29N5S. The molecule has 0 saturated carbocycles. The number of hydrogen-bond donors (Lipinski definition) is 3. The number of nitrogens with zero attached hydrogens (tertiary/aromatic N) is 2. The van der Waals surface area contributed by atoms with Gasteiger partial charge >= 0.3 is 0 Å². The lowest BCUT2D eigenvalue weighted by Crippen LogP contribution is -2.52. The van der Waals surface area contributed by atoms with Crippen LogP contribution >= 0.6 is 11.3 Å². The van der Waals surface area contributed by atoms with Crippen molar-refractivity contribution in [2.75, 3.05) is 13.6 Å². The number of guanidine groups is 1. The van der Waals surface area contributed by atoms with Crippen molar-refractivity contribution in [3.63, 3.8) is 0 Å². The molecule has 5 nitrogen and oxygen atoms in total. The van der Waals surface area contributed by atoms with E-state index in [4.69, 9.17) is 0 Å². The molecule has 0 fully saturated rings. The highest BCUT2D eigenvalue weighted by Crippen LogP contribution is 2.15. The maximum atomic E-state index is 4.36. The van der Waals surface area contributed by atoms with Crippen molar-refractivity contribution in [2.45, 2.75) is 45.8 Å². The first-order chi connectivity index (χ1) is 11.9. The summed E-state index contributed by atoms with van der Waals surface area (Å²) >= 11 is 1.70. The van der Waals surface area contributed by atoms with E-state index in [0.29, 0.717) is 6.54 Å². The molecule has 25 heavy (non-hydrogen) atoms. The van der Waals surface area contributed by atoms with Crippen LogP contribution in [0, 0.1) is 6.92 Å². The predicted octanol–water partition coefficient (Wildman–Crippen LogP) is 3.25. The second kappa shape index (κ2) is 8.97. The number of aromatic nitrogens is 1. The molecule has 136 valence electrons. The van der Waals surface area contributed by atoms with Crippen LogP contribution in [0.25, 0.3) is 0 Å². The molecule has 0 aliphatic rings. The first-order valence-electron chi connectivity index (χ1n) is 8.58. The van der Waals surface area contributed by atoms with E-state index in [1.54, 1.807) is 18.4 Å². The second-order valence-electron chi connectivity index (χ2n) is 6.80. The van der Waals surface area contributed by atoms with Crippen LogP contribution in [0.5, 0.6) is 0 Å². The van der Waals surface area contributed by atoms with Crippen LogP contribution in [-0.4, -0.2) is 30.1 Å². The smallest absolute Gasteiger partial charge is 0.191 e. The summed E-state index contributed by atoms with van der Waals surface area (Å²) in [5, 5.41) is 11.5. The molecule has 1 heterocycles. The molecule has 0 bridgehead atoms. The van der Waals surface area contributed by atoms with Gasteiger partial charge in [-0.2, -0.15) is 0 Å². The summed E-state index contributed by atoms with van der Waals surface area (Å²) in [5.74, 6) is 0.787. The second-order valence-corrected chi connectivity index (χ2v) is 8.12. The van der Waals surface area contributed by atoms with Gasteiger partial charge in [0.2, 0.25) is 0 Å². The SMILES string of the molecule is CN=C(NCc1ncc(C)s1)NCC(C)(C)NC(C)c1ccccc1. The Kier molecular flexibility index (Phi) is 6.96. The van der Waals surface area contributed by atoms with Crippen LogP contribution in [-0.2, 0) is 6.54 Å². The molecule has 6 heteroatoms. The Morgan fingerprint density at radius 2 is 1.96 bits per heavy atom. The molecular weight excluding hydrogens is 330 g/mol. The zero-order valence-corrected chi connectivity index (χ0v) is 16.6. The van der Waals surface area contributed by atoms with Crippen LogP contribution in [0.3, 0.4) is 0 Å². The average molecular weight is 360 g/mol. The zero-order valence-electron chi connectivity index (χ0n) is 15.8. The minimum atomic E-state index is -0.0787. The van der Waals surface area contributed by atoms with Gasteiger partial charge in [0, 0.05) is 36.2 Å². The first kappa shape index (κ1) is 19.4. The fourth-order valence-electron chi connectivity index (χ4n) is 2.63. The van der Waals surface area contributed by atoms with Gasteiger partial charge in [-0.1, -0.05) is 30.3 Å². The van der Waals surface area contributed by atoms with Crippen LogP contribution in [0.2, 0.25) is 0 Å². The standard InChI is InChI=1S/C19H29N5S/c1-14-11-21-17(25-14)12-22-18(20-5)23-13-19(3,4)24-15(2)16-9-7-6-8-10-16/h6-11,15,24H,12-13H2,1-5H3,(H2,20,22,23). The van der Waals surface area contributed by atoms with Gasteiger partial charge in [0.15, 0.2) is 5.96 Å². The minimum Gasteiger partial charge on any atom is -0.355 e. The van der Waals surface area contributed by atoms with Crippen LogP contribution < -0.4 is 16.0 Å². The van der Waals surface area contributed by atoms with Crippen molar-refractivity contribution in [1.82, 2.24) is 20.9 Å². The Hall–Kier alpha value is -1.92. The Morgan fingerprint density at radius 1 is 1.24 bits per heavy atom. The lowest BCUT2D eigenvalue weighted by molar-refractivity contribution is 0.345. The normalized spacial score (nSPS) is 13.6. The molecule has 3 N–H and O–H groups in total. The molecule has 0 aliphatic carbocycles. The van der Waals surface area contributed by atoms with Crippen molar-refractivity contribution in [3.8, 4) is 0 Å². The van der Waals surface area contributed by atoms with E-state index < -0.39 is 0 Å². The lowest BCUT2D eigenvalue weighted by Gasteiger charge is -2.31. The highest BCUT2D eigenvalue weighted by atomic mass is 32.1. The van der Waals surface area contributed by atoms with E-state index in [9.17, 15) is 0 Å². The Labute approximate surface area is 155 Å². The Bertz CT molecular complexity index is 678. The van der Waals surface area contributed by atoms with E-state index in [-0.39, 0.29) is 11.6 Å². The molecule has 1 aromatic carbocycles. The number of benzene rings is 1. The third-order valence-corrected chi connectivity index (χ3v) is 4.82. The maximum Gasteiger partial charge on any atom is 0.191 e. The number of aliphatic imine (C=N–C) groups is 1. The van der Waals surface area contributed by atoms with Gasteiger partial charge in [-0.3, -0.25) is 4.99 Å². The molecule has 2 rings (SSSR count). The van der Waals surface area contributed by atoms with Gasteiger partial charge in [0.25, 0.3) is 0 Å². The molecule has 2 aromatic rings. The first-order valence-corrected chi connectivity index (χ1v) is 9.40. The molecule has 0 aliphatic heterocycles. The monoisotopic (exact) mass is 359 g/mol. The predicted molar refractivity (Wildman–Crippen MR) is 107 cm³/mol. The van der Waals surface area contributed by atoms with E-state index in [0.717, 1.165) is 17.5 Å². The summed E-state index contributed by atoms with van der Waals surface area (Å²) in [7, 11) is 1.79. The molecule has 0 amide bonds. The summed E-state index contributed by atoms with van der Waals surface area (Å²) in [5.41, 5.74) is 1.21. The van der Waals surface area contributed by atoms with Gasteiger partial charge in [-0.15, -0.1) is 11.3 Å². The van der Waals surface area contributed by atoms with Crippen LogP contribution in [0.1, 0.15) is 42.3 Å². The van der Waals surface area contributed by atoms with Crippen molar-refractivity contribution in [3.05, 3.63) is 52.0 Å². The third kappa shape index (κ3) is 6.48. The van der Waals surface area contributed by atoms with Crippen molar-refractivity contribution in [2.24, 2.45) is 4.99 Å². The van der Waals surface area contributed by atoms with E-state index in [1.165, 1.54) is 10.4 Å². The van der Waals surface area contributed by atoms with Crippen molar-refractivity contribution < 1.29 is 0 Å². The highest BCUT2D eigenvalue weighted by molar-refractivity contribution is 7.11. The molecule has 1 atom stereocenters. The zero-order chi connectivity index (χ0) is 18.3. The minimum absolute atomic E-state index is 0.0787. The molecule has 0 saturated heterocycles. The van der Waals surface area contributed by atoms with Crippen LogP contribution in [0.4, 0.5) is 0 Å². The summed E-state index contributed by atoms with van der Waals surface area (Å²) in [6.07, 6.45) is 1.90. The average Bonchev–Trinajstić information content (AvgIpc) is 3.01.